The summed E-state index contributed by atoms with van der Waals surface area (Å²) in [6.45, 7) is 2.67. The van der Waals surface area contributed by atoms with Crippen molar-refractivity contribution < 1.29 is 14.4 Å². The number of aliphatic hydroxyl groups excluding tert-OH is 1. The lowest BCUT2D eigenvalue weighted by molar-refractivity contribution is -0.0777. The van der Waals surface area contributed by atoms with Crippen LogP contribution in [0.3, 0.4) is 0 Å². The fourth-order valence-corrected chi connectivity index (χ4v) is 3.63. The second-order valence-corrected chi connectivity index (χ2v) is 6.05. The lowest BCUT2D eigenvalue weighted by Crippen LogP contribution is -2.33. The Labute approximate surface area is 119 Å². The maximum absolute atomic E-state index is 9.97. The molecule has 3 rings (SSSR count). The summed E-state index contributed by atoms with van der Waals surface area (Å²) in [7, 11) is 0. The van der Waals surface area contributed by atoms with Crippen molar-refractivity contribution in [2.24, 2.45) is 0 Å². The highest BCUT2D eigenvalue weighted by molar-refractivity contribution is 5.07. The number of rotatable bonds is 4. The van der Waals surface area contributed by atoms with E-state index < -0.39 is 0 Å². The molecular weight excluding hydrogens is 256 g/mol. The molecule has 1 aromatic heterocycles. The molecule has 5 nitrogen and oxygen atoms in total. The van der Waals surface area contributed by atoms with Gasteiger partial charge in [0, 0.05) is 6.61 Å². The first-order valence-electron chi connectivity index (χ1n) is 7.91. The van der Waals surface area contributed by atoms with E-state index in [9.17, 15) is 5.11 Å². The summed E-state index contributed by atoms with van der Waals surface area (Å²) in [5, 5.41) is 14.2. The van der Waals surface area contributed by atoms with Crippen molar-refractivity contribution in [2.45, 2.75) is 75.9 Å². The highest BCUT2D eigenvalue weighted by atomic mass is 16.5. The minimum atomic E-state index is -0.363. The van der Waals surface area contributed by atoms with E-state index in [1.165, 1.54) is 6.42 Å². The molecule has 0 radical (unpaired) electrons. The Hall–Kier alpha value is -0.940. The van der Waals surface area contributed by atoms with E-state index in [1.807, 2.05) is 6.92 Å². The standard InChI is InChI=1S/C15H24N2O3/c1-2-19-15(9-4-3-5-10-15)14-16-13(20-17-14)11-7-6-8-12(11)18/h11-12,18H,2-10H2,1H3. The van der Waals surface area contributed by atoms with Gasteiger partial charge in [-0.3, -0.25) is 0 Å². The van der Waals surface area contributed by atoms with E-state index in [0.717, 1.165) is 44.9 Å². The predicted octanol–water partition coefficient (Wildman–Crippen LogP) is 2.89. The molecule has 2 aliphatic carbocycles. The first-order chi connectivity index (χ1) is 9.75. The Bertz CT molecular complexity index is 435. The van der Waals surface area contributed by atoms with Crippen molar-refractivity contribution >= 4 is 0 Å². The van der Waals surface area contributed by atoms with Gasteiger partial charge in [-0.25, -0.2) is 0 Å². The minimum Gasteiger partial charge on any atom is -0.392 e. The van der Waals surface area contributed by atoms with Crippen LogP contribution in [-0.4, -0.2) is 28.0 Å². The monoisotopic (exact) mass is 280 g/mol. The molecule has 2 atom stereocenters. The van der Waals surface area contributed by atoms with Crippen LogP contribution < -0.4 is 0 Å². The van der Waals surface area contributed by atoms with Gasteiger partial charge in [0.2, 0.25) is 11.7 Å². The first-order valence-corrected chi connectivity index (χ1v) is 7.91. The zero-order chi connectivity index (χ0) is 14.0. The second kappa shape index (κ2) is 5.82. The fourth-order valence-electron chi connectivity index (χ4n) is 3.63. The van der Waals surface area contributed by atoms with E-state index in [0.29, 0.717) is 18.3 Å². The van der Waals surface area contributed by atoms with Gasteiger partial charge >= 0.3 is 0 Å². The predicted molar refractivity (Wildman–Crippen MR) is 73.3 cm³/mol. The van der Waals surface area contributed by atoms with E-state index in [-0.39, 0.29) is 17.6 Å². The first kappa shape index (κ1) is 14.0. The highest BCUT2D eigenvalue weighted by Crippen LogP contribution is 2.40. The number of aliphatic hydroxyl groups is 1. The normalized spacial score (nSPS) is 29.7. The molecule has 5 heteroatoms. The SMILES string of the molecule is CCOC1(c2noc(C3CCCC3O)n2)CCCCC1. The smallest absolute Gasteiger partial charge is 0.232 e. The Morgan fingerprint density at radius 1 is 1.25 bits per heavy atom. The van der Waals surface area contributed by atoms with Crippen LogP contribution in [-0.2, 0) is 10.3 Å². The molecule has 0 spiro atoms. The zero-order valence-electron chi connectivity index (χ0n) is 12.2. The highest BCUT2D eigenvalue weighted by Gasteiger charge is 2.40. The van der Waals surface area contributed by atoms with Crippen molar-refractivity contribution in [3.63, 3.8) is 0 Å². The van der Waals surface area contributed by atoms with Crippen LogP contribution in [0.4, 0.5) is 0 Å². The molecule has 0 saturated heterocycles. The molecule has 2 aliphatic rings. The summed E-state index contributed by atoms with van der Waals surface area (Å²) >= 11 is 0. The van der Waals surface area contributed by atoms with Gasteiger partial charge < -0.3 is 14.4 Å². The third-order valence-electron chi connectivity index (χ3n) is 4.73. The number of hydrogen-bond acceptors (Lipinski definition) is 5. The van der Waals surface area contributed by atoms with E-state index in [2.05, 4.69) is 10.1 Å². The van der Waals surface area contributed by atoms with Crippen molar-refractivity contribution in [3.05, 3.63) is 11.7 Å². The second-order valence-electron chi connectivity index (χ2n) is 6.05. The molecule has 20 heavy (non-hydrogen) atoms. The fraction of sp³-hybridized carbons (Fsp3) is 0.867. The van der Waals surface area contributed by atoms with Gasteiger partial charge in [-0.05, 0) is 39.0 Å². The van der Waals surface area contributed by atoms with Crippen molar-refractivity contribution in [1.82, 2.24) is 10.1 Å². The van der Waals surface area contributed by atoms with E-state index >= 15 is 0 Å². The molecule has 0 aliphatic heterocycles. The molecule has 1 N–H and O–H groups in total. The van der Waals surface area contributed by atoms with Gasteiger partial charge in [-0.2, -0.15) is 4.98 Å². The average Bonchev–Trinajstić information content (AvgIpc) is 3.08. The molecule has 2 saturated carbocycles. The van der Waals surface area contributed by atoms with Crippen LogP contribution in [0.2, 0.25) is 0 Å². The third kappa shape index (κ3) is 2.49. The van der Waals surface area contributed by atoms with Crippen LogP contribution >= 0.6 is 0 Å². The van der Waals surface area contributed by atoms with Crippen LogP contribution in [0.5, 0.6) is 0 Å². The number of nitrogens with zero attached hydrogens (tertiary/aromatic N) is 2. The summed E-state index contributed by atoms with van der Waals surface area (Å²) in [5.74, 6) is 1.29. The van der Waals surface area contributed by atoms with Crippen LogP contribution in [0, 0.1) is 0 Å². The minimum absolute atomic E-state index is 0.0125. The van der Waals surface area contributed by atoms with E-state index in [1.54, 1.807) is 0 Å². The lowest BCUT2D eigenvalue weighted by Gasteiger charge is -2.33. The molecule has 0 aromatic carbocycles. The summed E-state index contributed by atoms with van der Waals surface area (Å²) < 4.78 is 11.5. The Kier molecular flexibility index (Phi) is 4.08. The Morgan fingerprint density at radius 2 is 2.05 bits per heavy atom. The number of hydrogen-bond donors (Lipinski definition) is 1. The quantitative estimate of drug-likeness (QED) is 0.918. The van der Waals surface area contributed by atoms with Crippen molar-refractivity contribution in [2.75, 3.05) is 6.61 Å². The molecule has 0 bridgehead atoms. The van der Waals surface area contributed by atoms with Gasteiger partial charge in [0.05, 0.1) is 12.0 Å². The summed E-state index contributed by atoms with van der Waals surface area (Å²) in [5.41, 5.74) is -0.363. The Morgan fingerprint density at radius 3 is 2.70 bits per heavy atom. The Balaban J connectivity index is 1.83. The third-order valence-corrected chi connectivity index (χ3v) is 4.73. The molecule has 2 fully saturated rings. The maximum atomic E-state index is 9.97. The summed E-state index contributed by atoms with van der Waals surface area (Å²) in [6.07, 6.45) is 7.94. The summed E-state index contributed by atoms with van der Waals surface area (Å²) in [6, 6.07) is 0. The van der Waals surface area contributed by atoms with Crippen LogP contribution in [0.25, 0.3) is 0 Å². The van der Waals surface area contributed by atoms with Gasteiger partial charge in [-0.15, -0.1) is 0 Å². The topological polar surface area (TPSA) is 68.4 Å². The van der Waals surface area contributed by atoms with Crippen LogP contribution in [0.1, 0.15) is 75.9 Å². The van der Waals surface area contributed by atoms with Crippen molar-refractivity contribution in [3.8, 4) is 0 Å². The summed E-state index contributed by atoms with van der Waals surface area (Å²) in [4.78, 5) is 4.59. The van der Waals surface area contributed by atoms with Gasteiger partial charge in [0.15, 0.2) is 0 Å². The lowest BCUT2D eigenvalue weighted by atomic mass is 9.84. The van der Waals surface area contributed by atoms with Gasteiger partial charge in [0.25, 0.3) is 0 Å². The molecule has 0 amide bonds. The van der Waals surface area contributed by atoms with Gasteiger partial charge in [-0.1, -0.05) is 24.4 Å². The number of ether oxygens (including phenoxy) is 1. The molecule has 1 heterocycles. The zero-order valence-corrected chi connectivity index (χ0v) is 12.2. The average molecular weight is 280 g/mol. The molecule has 2 unspecified atom stereocenters. The largest absolute Gasteiger partial charge is 0.392 e. The van der Waals surface area contributed by atoms with E-state index in [4.69, 9.17) is 9.26 Å². The van der Waals surface area contributed by atoms with Crippen LogP contribution in [0.15, 0.2) is 4.52 Å². The molecule has 1 aromatic rings. The van der Waals surface area contributed by atoms with Gasteiger partial charge in [0.1, 0.15) is 5.60 Å². The molecular formula is C15H24N2O3. The molecule has 112 valence electrons. The maximum Gasteiger partial charge on any atom is 0.232 e. The van der Waals surface area contributed by atoms with Crippen molar-refractivity contribution in [1.29, 1.82) is 0 Å². The number of aromatic nitrogens is 2.